The minimum absolute atomic E-state index is 0.914. The number of hydrogen-bond acceptors (Lipinski definition) is 2. The van der Waals surface area contributed by atoms with Crippen LogP contribution in [0.2, 0.25) is 0 Å². The highest BCUT2D eigenvalue weighted by Crippen LogP contribution is 2.33. The highest BCUT2D eigenvalue weighted by atomic mass is 32.1. The van der Waals surface area contributed by atoms with Gasteiger partial charge >= 0.3 is 0 Å². The zero-order chi connectivity index (χ0) is 7.68. The van der Waals surface area contributed by atoms with Gasteiger partial charge in [0.1, 0.15) is 5.75 Å². The van der Waals surface area contributed by atoms with Gasteiger partial charge in [0, 0.05) is 10.9 Å². The highest BCUT2D eigenvalue weighted by molar-refractivity contribution is 7.08. The van der Waals surface area contributed by atoms with Crippen molar-refractivity contribution in [3.05, 3.63) is 29.0 Å². The van der Waals surface area contributed by atoms with E-state index < -0.39 is 0 Å². The van der Waals surface area contributed by atoms with E-state index in [1.165, 1.54) is 5.56 Å². The summed E-state index contributed by atoms with van der Waals surface area (Å²) in [5, 5.41) is 4.08. The Morgan fingerprint density at radius 1 is 1.45 bits per heavy atom. The smallest absolute Gasteiger partial charge is 0.137 e. The molecule has 1 nitrogen and oxygen atoms in total. The normalized spacial score (nSPS) is 10.3. The van der Waals surface area contributed by atoms with Crippen LogP contribution in [0.4, 0.5) is 0 Å². The molecule has 0 amide bonds. The third kappa shape index (κ3) is 0.994. The lowest BCUT2D eigenvalue weighted by atomic mass is 10.2. The van der Waals surface area contributed by atoms with E-state index in [1.807, 2.05) is 17.5 Å². The Labute approximate surface area is 69.6 Å². The maximum atomic E-state index is 5.16. The van der Waals surface area contributed by atoms with Crippen LogP contribution in [0, 0.1) is 6.07 Å². The van der Waals surface area contributed by atoms with Gasteiger partial charge in [0.25, 0.3) is 0 Å². The van der Waals surface area contributed by atoms with Gasteiger partial charge in [-0.25, -0.2) is 0 Å². The van der Waals surface area contributed by atoms with Crippen molar-refractivity contribution in [2.45, 2.75) is 0 Å². The largest absolute Gasteiger partial charge is 0.495 e. The van der Waals surface area contributed by atoms with E-state index >= 15 is 0 Å². The lowest BCUT2D eigenvalue weighted by Gasteiger charge is -2.03. The summed E-state index contributed by atoms with van der Waals surface area (Å²) in [6.07, 6.45) is 0. The first kappa shape index (κ1) is 6.68. The van der Waals surface area contributed by atoms with Crippen LogP contribution >= 0.6 is 11.3 Å². The number of hydrogen-bond donors (Lipinski definition) is 0. The Kier molecular flexibility index (Phi) is 1.55. The van der Waals surface area contributed by atoms with Gasteiger partial charge in [-0.15, -0.1) is 11.3 Å². The zero-order valence-corrected chi connectivity index (χ0v) is 6.94. The van der Waals surface area contributed by atoms with Crippen molar-refractivity contribution in [2.24, 2.45) is 0 Å². The molecular formula is C9H7OS. The summed E-state index contributed by atoms with van der Waals surface area (Å²) >= 11 is 1.64. The van der Waals surface area contributed by atoms with Gasteiger partial charge < -0.3 is 4.74 Å². The van der Waals surface area contributed by atoms with Crippen LogP contribution in [0.5, 0.6) is 5.75 Å². The van der Waals surface area contributed by atoms with Crippen LogP contribution in [-0.4, -0.2) is 7.11 Å². The predicted octanol–water partition coefficient (Wildman–Crippen LogP) is 2.66. The second-order valence-electron chi connectivity index (χ2n) is 2.25. The van der Waals surface area contributed by atoms with E-state index in [-0.39, 0.29) is 0 Å². The molecule has 0 aromatic heterocycles. The maximum absolute atomic E-state index is 5.16. The van der Waals surface area contributed by atoms with Gasteiger partial charge in [-0.1, -0.05) is 12.1 Å². The van der Waals surface area contributed by atoms with Crippen molar-refractivity contribution >= 4 is 11.3 Å². The minimum Gasteiger partial charge on any atom is -0.495 e. The van der Waals surface area contributed by atoms with E-state index in [4.69, 9.17) is 4.74 Å². The standard InChI is InChI=1S/C9H7OS/c1-10-9-6-11-5-7-3-2-4-8(7)9/h2-3,5-6H,1H3. The second-order valence-corrected chi connectivity index (χ2v) is 2.99. The number of methoxy groups -OCH3 is 1. The minimum atomic E-state index is 0.914. The molecule has 0 fully saturated rings. The number of fused-ring (bicyclic) bond motifs is 1. The van der Waals surface area contributed by atoms with Crippen LogP contribution in [0.25, 0.3) is 11.1 Å². The molecule has 0 spiro atoms. The van der Waals surface area contributed by atoms with Crippen molar-refractivity contribution in [1.29, 1.82) is 0 Å². The third-order valence-electron chi connectivity index (χ3n) is 1.62. The number of rotatable bonds is 1. The molecule has 0 saturated heterocycles. The summed E-state index contributed by atoms with van der Waals surface area (Å²) in [7, 11) is 1.68. The van der Waals surface area contributed by atoms with Crippen LogP contribution < -0.4 is 4.74 Å². The summed E-state index contributed by atoms with van der Waals surface area (Å²) in [5.41, 5.74) is 2.28. The molecule has 1 heterocycles. The highest BCUT2D eigenvalue weighted by Gasteiger charge is 2.06. The first-order valence-electron chi connectivity index (χ1n) is 3.32. The summed E-state index contributed by atoms with van der Waals surface area (Å²) < 4.78 is 5.16. The SMILES string of the molecule is COc1cscc2cc[c]c1-2. The Hall–Kier alpha value is -1.02. The van der Waals surface area contributed by atoms with Crippen LogP contribution in [0.15, 0.2) is 22.9 Å². The first-order chi connectivity index (χ1) is 5.42. The van der Waals surface area contributed by atoms with Crippen molar-refractivity contribution in [3.63, 3.8) is 0 Å². The Bertz CT molecular complexity index is 326. The van der Waals surface area contributed by atoms with E-state index in [2.05, 4.69) is 11.4 Å². The molecule has 11 heavy (non-hydrogen) atoms. The molecule has 0 aromatic rings. The van der Waals surface area contributed by atoms with Crippen molar-refractivity contribution < 1.29 is 4.74 Å². The van der Waals surface area contributed by atoms with E-state index in [0.29, 0.717) is 0 Å². The van der Waals surface area contributed by atoms with E-state index in [9.17, 15) is 0 Å². The summed E-state index contributed by atoms with van der Waals surface area (Å²) in [6.45, 7) is 0. The van der Waals surface area contributed by atoms with Crippen molar-refractivity contribution in [3.8, 4) is 16.9 Å². The molecule has 55 valence electrons. The molecule has 0 unspecified atom stereocenters. The zero-order valence-electron chi connectivity index (χ0n) is 6.13. The fourth-order valence-electron chi connectivity index (χ4n) is 1.07. The molecule has 1 aliphatic carbocycles. The molecule has 0 saturated carbocycles. The van der Waals surface area contributed by atoms with Crippen LogP contribution in [-0.2, 0) is 0 Å². The Morgan fingerprint density at radius 2 is 2.36 bits per heavy atom. The van der Waals surface area contributed by atoms with Gasteiger partial charge in [0.2, 0.25) is 0 Å². The fourth-order valence-corrected chi connectivity index (χ4v) is 1.82. The third-order valence-corrected chi connectivity index (χ3v) is 2.36. The Balaban J connectivity index is 2.66. The molecule has 0 N–H and O–H groups in total. The predicted molar refractivity (Wildman–Crippen MR) is 46.3 cm³/mol. The van der Waals surface area contributed by atoms with E-state index in [1.54, 1.807) is 18.4 Å². The lowest BCUT2D eigenvalue weighted by Crippen LogP contribution is -1.83. The van der Waals surface area contributed by atoms with Crippen LogP contribution in [0.1, 0.15) is 0 Å². The lowest BCUT2D eigenvalue weighted by molar-refractivity contribution is 0.417. The summed E-state index contributed by atoms with van der Waals surface area (Å²) in [6, 6.07) is 7.07. The average Bonchev–Trinajstić information content (AvgIpc) is 2.50. The molecule has 2 heteroatoms. The monoisotopic (exact) mass is 163 g/mol. The molecule has 0 atom stereocenters. The van der Waals surface area contributed by atoms with E-state index in [0.717, 1.165) is 11.3 Å². The number of ether oxygens (including phenoxy) is 1. The topological polar surface area (TPSA) is 9.23 Å². The molecule has 0 aromatic carbocycles. The van der Waals surface area contributed by atoms with Gasteiger partial charge in [0.05, 0.1) is 7.11 Å². The summed E-state index contributed by atoms with van der Waals surface area (Å²) in [5.74, 6) is 0.914. The molecule has 0 bridgehead atoms. The maximum Gasteiger partial charge on any atom is 0.137 e. The Morgan fingerprint density at radius 3 is 3.18 bits per heavy atom. The molecule has 2 aliphatic rings. The first-order valence-corrected chi connectivity index (χ1v) is 4.26. The van der Waals surface area contributed by atoms with Crippen molar-refractivity contribution in [2.75, 3.05) is 7.11 Å². The second kappa shape index (κ2) is 2.55. The van der Waals surface area contributed by atoms with Gasteiger partial charge in [-0.2, -0.15) is 0 Å². The van der Waals surface area contributed by atoms with Crippen molar-refractivity contribution in [1.82, 2.24) is 0 Å². The summed E-state index contributed by atoms with van der Waals surface area (Å²) in [4.78, 5) is 0. The van der Waals surface area contributed by atoms with Gasteiger partial charge in [-0.3, -0.25) is 0 Å². The fraction of sp³-hybridized carbons (Fsp3) is 0.111. The average molecular weight is 163 g/mol. The molecule has 1 radical (unpaired) electrons. The van der Waals surface area contributed by atoms with Gasteiger partial charge in [0.15, 0.2) is 0 Å². The quantitative estimate of drug-likeness (QED) is 0.628. The molecular weight excluding hydrogens is 156 g/mol. The van der Waals surface area contributed by atoms with Gasteiger partial charge in [-0.05, 0) is 17.0 Å². The molecule has 1 aliphatic heterocycles. The molecule has 2 rings (SSSR count). The van der Waals surface area contributed by atoms with Crippen LogP contribution in [0.3, 0.4) is 0 Å².